The van der Waals surface area contributed by atoms with Crippen molar-refractivity contribution in [1.82, 2.24) is 4.98 Å². The fraction of sp³-hybridized carbons (Fsp3) is 0.167. The van der Waals surface area contributed by atoms with Gasteiger partial charge in [-0.2, -0.15) is 0 Å². The van der Waals surface area contributed by atoms with Gasteiger partial charge in [-0.1, -0.05) is 17.7 Å². The van der Waals surface area contributed by atoms with Crippen LogP contribution in [0.3, 0.4) is 0 Å². The molecule has 0 amide bonds. The molecule has 1 aromatic rings. The van der Waals surface area contributed by atoms with Gasteiger partial charge in [0.15, 0.2) is 10.9 Å². The van der Waals surface area contributed by atoms with Crippen molar-refractivity contribution in [3.63, 3.8) is 0 Å². The number of hydrogen-bond acceptors (Lipinski definition) is 5. The molecule has 0 unspecified atom stereocenters. The van der Waals surface area contributed by atoms with E-state index in [4.69, 9.17) is 31.4 Å². The summed E-state index contributed by atoms with van der Waals surface area (Å²) in [6, 6.07) is 2.59. The molecule has 72 valence electrons. The van der Waals surface area contributed by atoms with E-state index in [1.54, 1.807) is 0 Å². The van der Waals surface area contributed by atoms with Crippen molar-refractivity contribution in [3.8, 4) is 5.75 Å². The van der Waals surface area contributed by atoms with Crippen LogP contribution in [-0.4, -0.2) is 33.9 Å². The van der Waals surface area contributed by atoms with Crippen LogP contribution in [0.2, 0.25) is 5.15 Å². The summed E-state index contributed by atoms with van der Waals surface area (Å²) in [7, 11) is 1.40. The van der Waals surface area contributed by atoms with Gasteiger partial charge in [0, 0.05) is 0 Å². The van der Waals surface area contributed by atoms with E-state index in [1.165, 1.54) is 19.2 Å². The van der Waals surface area contributed by atoms with Crippen LogP contribution in [0, 0.1) is 0 Å². The van der Waals surface area contributed by atoms with Gasteiger partial charge in [0.1, 0.15) is 0 Å². The molecule has 3 N–H and O–H groups in total. The second-order valence-electron chi connectivity index (χ2n) is 2.46. The van der Waals surface area contributed by atoms with Crippen LogP contribution in [0.1, 0.15) is 0 Å². The van der Waals surface area contributed by atoms with Gasteiger partial charge in [0.25, 0.3) is 0 Å². The van der Waals surface area contributed by atoms with Crippen molar-refractivity contribution in [2.75, 3.05) is 7.11 Å². The fourth-order valence-electron chi connectivity index (χ4n) is 0.804. The molecule has 0 spiro atoms. The van der Waals surface area contributed by atoms with Gasteiger partial charge in [-0.25, -0.2) is 0 Å². The zero-order valence-electron chi connectivity index (χ0n) is 6.81. The predicted molar refractivity (Wildman–Crippen MR) is 47.8 cm³/mol. The summed E-state index contributed by atoms with van der Waals surface area (Å²) in [6.45, 7) is -3.60. The molecule has 0 aromatic carbocycles. The molecular formula is C6H8BClNO4-. The van der Waals surface area contributed by atoms with Crippen molar-refractivity contribution >= 4 is 23.9 Å². The third kappa shape index (κ3) is 2.32. The van der Waals surface area contributed by atoms with Crippen molar-refractivity contribution in [2.24, 2.45) is 0 Å². The Morgan fingerprint density at radius 2 is 2.00 bits per heavy atom. The van der Waals surface area contributed by atoms with Crippen LogP contribution in [-0.2, 0) is 0 Å². The number of aromatic nitrogens is 1. The van der Waals surface area contributed by atoms with E-state index < -0.39 is 6.75 Å². The first-order valence-electron chi connectivity index (χ1n) is 3.47. The smallest absolute Gasteiger partial charge is 0.420 e. The molecule has 0 saturated heterocycles. The fourth-order valence-corrected chi connectivity index (χ4v) is 1.04. The molecule has 0 aliphatic rings. The predicted octanol–water partition coefficient (Wildman–Crippen LogP) is -1.13. The van der Waals surface area contributed by atoms with Gasteiger partial charge in [-0.15, -0.1) is 0 Å². The maximum absolute atomic E-state index is 8.79. The Morgan fingerprint density at radius 3 is 2.38 bits per heavy atom. The Labute approximate surface area is 79.6 Å². The van der Waals surface area contributed by atoms with Gasteiger partial charge < -0.3 is 19.8 Å². The SMILES string of the molecule is COc1ccc([B-](O)(O)O)nc1Cl. The topological polar surface area (TPSA) is 82.8 Å². The molecule has 1 rings (SSSR count). The van der Waals surface area contributed by atoms with Crippen LogP contribution in [0.5, 0.6) is 5.75 Å². The summed E-state index contributed by atoms with van der Waals surface area (Å²) >= 11 is 5.58. The van der Waals surface area contributed by atoms with E-state index in [1.807, 2.05) is 0 Å². The first kappa shape index (κ1) is 10.3. The zero-order chi connectivity index (χ0) is 10.1. The Hall–Kier alpha value is -0.815. The summed E-state index contributed by atoms with van der Waals surface area (Å²) in [5.74, 6) is 0.297. The minimum absolute atomic E-state index is 0.0385. The summed E-state index contributed by atoms with van der Waals surface area (Å²) < 4.78 is 4.78. The van der Waals surface area contributed by atoms with Gasteiger partial charge in [0.05, 0.1) is 7.11 Å². The second kappa shape index (κ2) is 3.51. The monoisotopic (exact) mass is 204 g/mol. The van der Waals surface area contributed by atoms with Crippen LogP contribution in [0.4, 0.5) is 0 Å². The number of nitrogens with zero attached hydrogens (tertiary/aromatic N) is 1. The molecule has 5 nitrogen and oxygen atoms in total. The third-order valence-corrected chi connectivity index (χ3v) is 1.72. The lowest BCUT2D eigenvalue weighted by molar-refractivity contribution is 0.248. The van der Waals surface area contributed by atoms with Crippen molar-refractivity contribution in [2.45, 2.75) is 0 Å². The maximum Gasteiger partial charge on any atom is 0.420 e. The van der Waals surface area contributed by atoms with Crippen LogP contribution < -0.4 is 10.3 Å². The van der Waals surface area contributed by atoms with E-state index >= 15 is 0 Å². The number of ether oxygens (including phenoxy) is 1. The van der Waals surface area contributed by atoms with Crippen molar-refractivity contribution in [3.05, 3.63) is 17.3 Å². The summed E-state index contributed by atoms with van der Waals surface area (Å²) in [5, 5.41) is 26.3. The third-order valence-electron chi connectivity index (χ3n) is 1.45. The summed E-state index contributed by atoms with van der Waals surface area (Å²) in [5.41, 5.74) is -0.300. The quantitative estimate of drug-likeness (QED) is 0.419. The van der Waals surface area contributed by atoms with E-state index in [2.05, 4.69) is 4.98 Å². The molecule has 0 aliphatic carbocycles. The van der Waals surface area contributed by atoms with E-state index in [-0.39, 0.29) is 10.7 Å². The van der Waals surface area contributed by atoms with Crippen molar-refractivity contribution in [1.29, 1.82) is 0 Å². The van der Waals surface area contributed by atoms with Crippen LogP contribution >= 0.6 is 11.6 Å². The first-order valence-corrected chi connectivity index (χ1v) is 3.85. The zero-order valence-corrected chi connectivity index (χ0v) is 7.56. The average Bonchev–Trinajstić information content (AvgIpc) is 2.02. The molecule has 0 atom stereocenters. The number of pyridine rings is 1. The number of rotatable bonds is 2. The van der Waals surface area contributed by atoms with Gasteiger partial charge in [-0.3, -0.25) is 4.98 Å². The van der Waals surface area contributed by atoms with Gasteiger partial charge >= 0.3 is 6.75 Å². The molecule has 1 aromatic heterocycles. The molecule has 0 radical (unpaired) electrons. The summed E-state index contributed by atoms with van der Waals surface area (Å²) in [4.78, 5) is 3.53. The lowest BCUT2D eigenvalue weighted by atomic mass is 9.75. The largest absolute Gasteiger partial charge is 0.555 e. The highest BCUT2D eigenvalue weighted by Crippen LogP contribution is 2.18. The Balaban J connectivity index is 3.10. The van der Waals surface area contributed by atoms with E-state index in [0.29, 0.717) is 5.75 Å². The Morgan fingerprint density at radius 1 is 1.38 bits per heavy atom. The number of methoxy groups -OCH3 is 1. The van der Waals surface area contributed by atoms with Gasteiger partial charge in [0.2, 0.25) is 0 Å². The average molecular weight is 204 g/mol. The highest BCUT2D eigenvalue weighted by molar-refractivity contribution is 6.70. The number of hydrogen-bond donors (Lipinski definition) is 3. The van der Waals surface area contributed by atoms with E-state index in [0.717, 1.165) is 0 Å². The number of halogens is 1. The van der Waals surface area contributed by atoms with Gasteiger partial charge in [-0.05, 0) is 11.7 Å². The Bertz CT molecular complexity index is 314. The van der Waals surface area contributed by atoms with Crippen LogP contribution in [0.25, 0.3) is 0 Å². The lowest BCUT2D eigenvalue weighted by Crippen LogP contribution is -2.50. The van der Waals surface area contributed by atoms with Crippen LogP contribution in [0.15, 0.2) is 12.1 Å². The Kier molecular flexibility index (Phi) is 2.77. The normalized spacial score (nSPS) is 11.5. The standard InChI is InChI=1S/C6H8BClNO4/c1-13-4-2-3-5(7(10,11)12)9-6(4)8/h2-3,10-12H,1H3/q-1. The molecule has 13 heavy (non-hydrogen) atoms. The highest BCUT2D eigenvalue weighted by Gasteiger charge is 2.20. The second-order valence-corrected chi connectivity index (χ2v) is 2.82. The summed E-state index contributed by atoms with van der Waals surface area (Å²) in [6.07, 6.45) is 0. The minimum Gasteiger partial charge on any atom is -0.555 e. The minimum atomic E-state index is -3.60. The molecule has 1 heterocycles. The van der Waals surface area contributed by atoms with E-state index in [9.17, 15) is 0 Å². The first-order chi connectivity index (χ1) is 5.95. The molecule has 7 heteroatoms. The maximum atomic E-state index is 8.79. The molecule has 0 fully saturated rings. The molecule has 0 saturated carbocycles. The lowest BCUT2D eigenvalue weighted by Gasteiger charge is -2.20. The highest BCUT2D eigenvalue weighted by atomic mass is 35.5. The molecular weight excluding hydrogens is 196 g/mol. The molecule has 0 aliphatic heterocycles. The molecule has 0 bridgehead atoms. The van der Waals surface area contributed by atoms with Crippen molar-refractivity contribution < 1.29 is 19.8 Å².